The normalized spacial score (nSPS) is 17.1. The monoisotopic (exact) mass is 288 g/mol. The van der Waals surface area contributed by atoms with E-state index in [1.807, 2.05) is 10.9 Å². The average Bonchev–Trinajstić information content (AvgIpc) is 3.02. The second kappa shape index (κ2) is 6.62. The largest absolute Gasteiger partial charge is 0.301 e. The molecule has 3 rings (SSSR count). The van der Waals surface area contributed by atoms with Gasteiger partial charge in [0.15, 0.2) is 0 Å². The Kier molecular flexibility index (Phi) is 4.40. The lowest BCUT2D eigenvalue weighted by atomic mass is 9.97. The molecule has 0 amide bonds. The molecule has 0 unspecified atom stereocenters. The lowest BCUT2D eigenvalue weighted by molar-refractivity contribution is 0.166. The lowest BCUT2D eigenvalue weighted by Gasteiger charge is -2.31. The molecule has 0 radical (unpaired) electrons. The van der Waals surface area contributed by atoms with Crippen molar-refractivity contribution in [2.45, 2.75) is 25.9 Å². The van der Waals surface area contributed by atoms with Crippen molar-refractivity contribution in [3.8, 4) is 0 Å². The number of hydrogen-bond donors (Lipinski definition) is 0. The Bertz CT molecular complexity index is 600. The third kappa shape index (κ3) is 3.75. The molecular weight excluding hydrogens is 268 g/mol. The molecule has 1 saturated heterocycles. The first-order valence-electron chi connectivity index (χ1n) is 7.38. The summed E-state index contributed by atoms with van der Waals surface area (Å²) in [7, 11) is 0. The van der Waals surface area contributed by atoms with Gasteiger partial charge in [0.1, 0.15) is 0 Å². The summed E-state index contributed by atoms with van der Waals surface area (Å²) in [6.45, 7) is 4.82. The van der Waals surface area contributed by atoms with Gasteiger partial charge in [-0.1, -0.05) is 5.21 Å². The average molecular weight is 288 g/mol. The van der Waals surface area contributed by atoms with Crippen molar-refractivity contribution in [3.05, 3.63) is 41.3 Å². The number of nitrogens with zero attached hydrogens (tertiary/aromatic N) is 6. The topological polar surface area (TPSA) is 68.8 Å². The maximum absolute atomic E-state index is 11.7. The number of piperidine rings is 1. The SMILES string of the molecule is O=c1ccncn1CC1CCN(CCn2ccnn2)CC1. The van der Waals surface area contributed by atoms with Crippen LogP contribution in [0.4, 0.5) is 0 Å². The predicted molar refractivity (Wildman–Crippen MR) is 77.7 cm³/mol. The van der Waals surface area contributed by atoms with Crippen molar-refractivity contribution in [2.24, 2.45) is 5.92 Å². The van der Waals surface area contributed by atoms with E-state index in [1.54, 1.807) is 23.3 Å². The molecule has 112 valence electrons. The molecule has 7 heteroatoms. The Morgan fingerprint density at radius 1 is 1.19 bits per heavy atom. The van der Waals surface area contributed by atoms with Gasteiger partial charge >= 0.3 is 0 Å². The molecule has 3 heterocycles. The van der Waals surface area contributed by atoms with Crippen molar-refractivity contribution in [1.82, 2.24) is 29.4 Å². The highest BCUT2D eigenvalue weighted by Gasteiger charge is 2.19. The van der Waals surface area contributed by atoms with E-state index in [2.05, 4.69) is 20.2 Å². The highest BCUT2D eigenvalue weighted by atomic mass is 16.1. The lowest BCUT2D eigenvalue weighted by Crippen LogP contribution is -2.38. The Labute approximate surface area is 123 Å². The van der Waals surface area contributed by atoms with Crippen molar-refractivity contribution in [2.75, 3.05) is 19.6 Å². The van der Waals surface area contributed by atoms with Gasteiger partial charge in [-0.05, 0) is 31.8 Å². The maximum atomic E-state index is 11.7. The number of rotatable bonds is 5. The maximum Gasteiger partial charge on any atom is 0.253 e. The van der Waals surface area contributed by atoms with Gasteiger partial charge in [0.25, 0.3) is 5.56 Å². The number of aromatic nitrogens is 5. The third-order valence-electron chi connectivity index (χ3n) is 4.07. The third-order valence-corrected chi connectivity index (χ3v) is 4.07. The zero-order chi connectivity index (χ0) is 14.5. The molecule has 1 aliphatic rings. The van der Waals surface area contributed by atoms with Crippen LogP contribution >= 0.6 is 0 Å². The highest BCUT2D eigenvalue weighted by molar-refractivity contribution is 4.83. The van der Waals surface area contributed by atoms with Crippen molar-refractivity contribution in [3.63, 3.8) is 0 Å². The van der Waals surface area contributed by atoms with Gasteiger partial charge in [0, 0.05) is 31.5 Å². The Balaban J connectivity index is 1.45. The molecule has 21 heavy (non-hydrogen) atoms. The summed E-state index contributed by atoms with van der Waals surface area (Å²) in [5.74, 6) is 0.564. The van der Waals surface area contributed by atoms with Gasteiger partial charge in [0.2, 0.25) is 0 Å². The van der Waals surface area contributed by atoms with Crippen LogP contribution in [0.1, 0.15) is 12.8 Å². The van der Waals surface area contributed by atoms with Crippen LogP contribution < -0.4 is 5.56 Å². The minimum atomic E-state index is 0.0404. The van der Waals surface area contributed by atoms with Crippen molar-refractivity contribution >= 4 is 0 Å². The van der Waals surface area contributed by atoms with Crippen molar-refractivity contribution < 1.29 is 0 Å². The van der Waals surface area contributed by atoms with Gasteiger partial charge in [-0.15, -0.1) is 5.10 Å². The molecule has 0 aliphatic carbocycles. The van der Waals surface area contributed by atoms with Gasteiger partial charge < -0.3 is 4.90 Å². The quantitative estimate of drug-likeness (QED) is 0.788. The molecular formula is C14H20N6O. The fourth-order valence-corrected chi connectivity index (χ4v) is 2.78. The molecule has 2 aromatic heterocycles. The summed E-state index contributed by atoms with van der Waals surface area (Å²) in [6.07, 6.45) is 9.03. The van der Waals surface area contributed by atoms with E-state index >= 15 is 0 Å². The van der Waals surface area contributed by atoms with Crippen LogP contribution in [0.25, 0.3) is 0 Å². The van der Waals surface area contributed by atoms with E-state index in [1.165, 1.54) is 6.07 Å². The Morgan fingerprint density at radius 2 is 2.05 bits per heavy atom. The molecule has 1 fully saturated rings. The highest BCUT2D eigenvalue weighted by Crippen LogP contribution is 2.18. The molecule has 0 aromatic carbocycles. The first-order valence-corrected chi connectivity index (χ1v) is 7.38. The van der Waals surface area contributed by atoms with E-state index in [0.717, 1.165) is 45.6 Å². The summed E-state index contributed by atoms with van der Waals surface area (Å²) in [5, 5.41) is 7.79. The van der Waals surface area contributed by atoms with E-state index in [4.69, 9.17) is 0 Å². The van der Waals surface area contributed by atoms with E-state index in [0.29, 0.717) is 5.92 Å². The van der Waals surface area contributed by atoms with Crippen molar-refractivity contribution in [1.29, 1.82) is 0 Å². The summed E-state index contributed by atoms with van der Waals surface area (Å²) in [5.41, 5.74) is 0.0404. The zero-order valence-electron chi connectivity index (χ0n) is 12.0. The molecule has 0 N–H and O–H groups in total. The molecule has 0 bridgehead atoms. The van der Waals surface area contributed by atoms with E-state index in [9.17, 15) is 4.79 Å². The van der Waals surface area contributed by atoms with Gasteiger partial charge in [-0.3, -0.25) is 14.0 Å². The minimum absolute atomic E-state index is 0.0404. The van der Waals surface area contributed by atoms with Crippen LogP contribution in [0.5, 0.6) is 0 Å². The summed E-state index contributed by atoms with van der Waals surface area (Å²) >= 11 is 0. The number of hydrogen-bond acceptors (Lipinski definition) is 5. The molecule has 0 atom stereocenters. The molecule has 0 saturated carbocycles. The van der Waals surface area contributed by atoms with Gasteiger partial charge in [-0.2, -0.15) is 0 Å². The smallest absolute Gasteiger partial charge is 0.253 e. The van der Waals surface area contributed by atoms with Crippen LogP contribution in [0.3, 0.4) is 0 Å². The fraction of sp³-hybridized carbons (Fsp3) is 0.571. The second-order valence-electron chi connectivity index (χ2n) is 5.52. The molecule has 0 spiro atoms. The standard InChI is InChI=1S/C14H20N6O/c21-14-1-4-15-12-19(14)11-13-2-6-18(7-3-13)9-10-20-8-5-16-17-20/h1,4-5,8,12-13H,2-3,6-7,9-11H2. The Morgan fingerprint density at radius 3 is 2.76 bits per heavy atom. The fourth-order valence-electron chi connectivity index (χ4n) is 2.78. The van der Waals surface area contributed by atoms with E-state index < -0.39 is 0 Å². The summed E-state index contributed by atoms with van der Waals surface area (Å²) in [6, 6.07) is 1.52. The predicted octanol–water partition coefficient (Wildman–Crippen LogP) is 0.247. The first-order chi connectivity index (χ1) is 10.3. The van der Waals surface area contributed by atoms with Gasteiger partial charge in [0.05, 0.1) is 19.1 Å². The molecule has 7 nitrogen and oxygen atoms in total. The molecule has 1 aliphatic heterocycles. The number of likely N-dealkylation sites (tertiary alicyclic amines) is 1. The van der Waals surface area contributed by atoms with Gasteiger partial charge in [-0.25, -0.2) is 4.98 Å². The first kappa shape index (κ1) is 13.9. The summed E-state index contributed by atoms with van der Waals surface area (Å²) < 4.78 is 3.58. The Hall–Kier alpha value is -2.02. The van der Waals surface area contributed by atoms with Crippen LogP contribution in [0, 0.1) is 5.92 Å². The van der Waals surface area contributed by atoms with Crippen LogP contribution in [-0.4, -0.2) is 49.1 Å². The van der Waals surface area contributed by atoms with Crippen LogP contribution in [0.2, 0.25) is 0 Å². The van der Waals surface area contributed by atoms with Crippen LogP contribution in [-0.2, 0) is 13.1 Å². The zero-order valence-corrected chi connectivity index (χ0v) is 12.0. The molecule has 2 aromatic rings. The second-order valence-corrected chi connectivity index (χ2v) is 5.52. The minimum Gasteiger partial charge on any atom is -0.301 e. The summed E-state index contributed by atoms with van der Waals surface area (Å²) in [4.78, 5) is 18.2. The van der Waals surface area contributed by atoms with E-state index in [-0.39, 0.29) is 5.56 Å². The van der Waals surface area contributed by atoms with Crippen LogP contribution in [0.15, 0.2) is 35.8 Å².